The van der Waals surface area contributed by atoms with E-state index in [1.165, 1.54) is 0 Å². The minimum Gasteiger partial charge on any atom is -0.340 e. The van der Waals surface area contributed by atoms with E-state index in [4.69, 9.17) is 11.6 Å². The van der Waals surface area contributed by atoms with Gasteiger partial charge in [0.2, 0.25) is 11.9 Å². The molecule has 2 aromatic carbocycles. The third-order valence-corrected chi connectivity index (χ3v) is 5.67. The lowest BCUT2D eigenvalue weighted by Crippen LogP contribution is -2.55. The standard InChI is InChI=1S/C24H24ClN5O2/c25-20-9-7-19(8-10-20)22(31)28-21(17-18-5-2-1-3-6-18)23(32)29-13-15-30(16-14-29)24-26-11-4-12-27-24/h1-12,21H,13-17H2,(H,28,31)/t21-/m0/s1. The average Bonchev–Trinajstić information content (AvgIpc) is 2.85. The van der Waals surface area contributed by atoms with Gasteiger partial charge in [-0.2, -0.15) is 0 Å². The van der Waals surface area contributed by atoms with Crippen LogP contribution in [0.4, 0.5) is 5.95 Å². The van der Waals surface area contributed by atoms with Gasteiger partial charge in [0.15, 0.2) is 0 Å². The minimum absolute atomic E-state index is 0.0928. The summed E-state index contributed by atoms with van der Waals surface area (Å²) < 4.78 is 0. The number of aromatic nitrogens is 2. The van der Waals surface area contributed by atoms with Crippen LogP contribution in [0.15, 0.2) is 73.1 Å². The molecule has 3 aromatic rings. The highest BCUT2D eigenvalue weighted by molar-refractivity contribution is 6.30. The number of hydrogen-bond acceptors (Lipinski definition) is 5. The summed E-state index contributed by atoms with van der Waals surface area (Å²) >= 11 is 5.93. The predicted molar refractivity (Wildman–Crippen MR) is 124 cm³/mol. The first-order chi connectivity index (χ1) is 15.6. The van der Waals surface area contributed by atoms with Crippen LogP contribution < -0.4 is 10.2 Å². The van der Waals surface area contributed by atoms with Gasteiger partial charge >= 0.3 is 0 Å². The molecule has 4 rings (SSSR count). The first-order valence-corrected chi connectivity index (χ1v) is 10.9. The fraction of sp³-hybridized carbons (Fsp3) is 0.250. The van der Waals surface area contributed by atoms with Crippen molar-refractivity contribution in [2.45, 2.75) is 12.5 Å². The van der Waals surface area contributed by atoms with Crippen molar-refractivity contribution >= 4 is 29.4 Å². The van der Waals surface area contributed by atoms with Crippen molar-refractivity contribution < 1.29 is 9.59 Å². The molecule has 0 radical (unpaired) electrons. The molecular formula is C24H24ClN5O2. The zero-order valence-electron chi connectivity index (χ0n) is 17.5. The summed E-state index contributed by atoms with van der Waals surface area (Å²) in [5, 5.41) is 3.48. The normalized spacial score (nSPS) is 14.7. The lowest BCUT2D eigenvalue weighted by Gasteiger charge is -2.36. The number of nitrogens with one attached hydrogen (secondary N) is 1. The van der Waals surface area contributed by atoms with Gasteiger partial charge < -0.3 is 15.1 Å². The number of rotatable bonds is 6. The molecule has 0 spiro atoms. The number of anilines is 1. The van der Waals surface area contributed by atoms with Crippen LogP contribution >= 0.6 is 11.6 Å². The summed E-state index contributed by atoms with van der Waals surface area (Å²) in [6.45, 7) is 2.36. The summed E-state index contributed by atoms with van der Waals surface area (Å²) in [5.41, 5.74) is 1.45. The van der Waals surface area contributed by atoms with Crippen LogP contribution in [0.2, 0.25) is 5.02 Å². The number of carbonyl (C=O) groups excluding carboxylic acids is 2. The van der Waals surface area contributed by atoms with Crippen molar-refractivity contribution in [2.24, 2.45) is 0 Å². The highest BCUT2D eigenvalue weighted by Gasteiger charge is 2.29. The smallest absolute Gasteiger partial charge is 0.251 e. The second kappa shape index (κ2) is 10.2. The van der Waals surface area contributed by atoms with Gasteiger partial charge in [0.1, 0.15) is 6.04 Å². The van der Waals surface area contributed by atoms with E-state index >= 15 is 0 Å². The van der Waals surface area contributed by atoms with Crippen molar-refractivity contribution in [3.05, 3.63) is 89.2 Å². The molecule has 1 aliphatic heterocycles. The van der Waals surface area contributed by atoms with Gasteiger partial charge in [-0.05, 0) is 35.9 Å². The van der Waals surface area contributed by atoms with Gasteiger partial charge in [0.25, 0.3) is 5.91 Å². The molecule has 1 fully saturated rings. The van der Waals surface area contributed by atoms with Crippen molar-refractivity contribution in [1.82, 2.24) is 20.2 Å². The summed E-state index contributed by atoms with van der Waals surface area (Å²) in [6.07, 6.45) is 3.84. The second-order valence-electron chi connectivity index (χ2n) is 7.58. The third-order valence-electron chi connectivity index (χ3n) is 5.42. The van der Waals surface area contributed by atoms with Crippen molar-refractivity contribution in [3.8, 4) is 0 Å². The Hall–Kier alpha value is -3.45. The maximum Gasteiger partial charge on any atom is 0.251 e. The van der Waals surface area contributed by atoms with Gasteiger partial charge in [-0.25, -0.2) is 9.97 Å². The van der Waals surface area contributed by atoms with E-state index < -0.39 is 6.04 Å². The summed E-state index contributed by atoms with van der Waals surface area (Å²) in [6, 6.07) is 17.4. The predicted octanol–water partition coefficient (Wildman–Crippen LogP) is 2.82. The van der Waals surface area contributed by atoms with E-state index in [-0.39, 0.29) is 11.8 Å². The first-order valence-electron chi connectivity index (χ1n) is 10.5. The number of amides is 2. The summed E-state index contributed by atoms with van der Waals surface area (Å²) in [5.74, 6) is 0.272. The topological polar surface area (TPSA) is 78.4 Å². The van der Waals surface area contributed by atoms with Crippen molar-refractivity contribution in [3.63, 3.8) is 0 Å². The highest BCUT2D eigenvalue weighted by Crippen LogP contribution is 2.14. The Kier molecular flexibility index (Phi) is 6.97. The van der Waals surface area contributed by atoms with Gasteiger partial charge in [-0.3, -0.25) is 9.59 Å². The van der Waals surface area contributed by atoms with Crippen LogP contribution in [-0.4, -0.2) is 58.9 Å². The number of carbonyl (C=O) groups is 2. The molecule has 1 saturated heterocycles. The number of nitrogens with zero attached hydrogens (tertiary/aromatic N) is 4. The highest BCUT2D eigenvalue weighted by atomic mass is 35.5. The molecule has 8 heteroatoms. The number of benzene rings is 2. The molecule has 2 amide bonds. The third kappa shape index (κ3) is 5.42. The Morgan fingerprint density at radius 2 is 1.56 bits per heavy atom. The van der Waals surface area contributed by atoms with Crippen LogP contribution in [0.25, 0.3) is 0 Å². The Balaban J connectivity index is 1.46. The molecule has 2 heterocycles. The molecule has 164 valence electrons. The van der Waals surface area contributed by atoms with Gasteiger partial charge in [0.05, 0.1) is 0 Å². The van der Waals surface area contributed by atoms with E-state index in [2.05, 4.69) is 20.2 Å². The molecule has 0 unspecified atom stereocenters. The fourth-order valence-electron chi connectivity index (χ4n) is 3.69. The van der Waals surface area contributed by atoms with Crippen LogP contribution in [0.3, 0.4) is 0 Å². The van der Waals surface area contributed by atoms with Crippen molar-refractivity contribution in [2.75, 3.05) is 31.1 Å². The minimum atomic E-state index is -0.667. The first kappa shape index (κ1) is 21.8. The van der Waals surface area contributed by atoms with E-state index in [9.17, 15) is 9.59 Å². The Labute approximate surface area is 192 Å². The molecule has 0 saturated carbocycles. The Morgan fingerprint density at radius 1 is 0.906 bits per heavy atom. The second-order valence-corrected chi connectivity index (χ2v) is 8.02. The largest absolute Gasteiger partial charge is 0.340 e. The molecule has 1 aromatic heterocycles. The van der Waals surface area contributed by atoms with Crippen LogP contribution in [-0.2, 0) is 11.2 Å². The van der Waals surface area contributed by atoms with Gasteiger partial charge in [-0.15, -0.1) is 0 Å². The molecular weight excluding hydrogens is 426 g/mol. The van der Waals surface area contributed by atoms with Crippen molar-refractivity contribution in [1.29, 1.82) is 0 Å². The maximum absolute atomic E-state index is 13.4. The molecule has 0 bridgehead atoms. The summed E-state index contributed by atoms with van der Waals surface area (Å²) in [7, 11) is 0. The monoisotopic (exact) mass is 449 g/mol. The van der Waals surface area contributed by atoms with E-state index in [0.717, 1.165) is 5.56 Å². The zero-order chi connectivity index (χ0) is 22.3. The molecule has 1 aliphatic rings. The fourth-order valence-corrected chi connectivity index (χ4v) is 3.82. The number of halogens is 1. The molecule has 0 aliphatic carbocycles. The Bertz CT molecular complexity index is 1040. The zero-order valence-corrected chi connectivity index (χ0v) is 18.3. The molecule has 1 N–H and O–H groups in total. The molecule has 32 heavy (non-hydrogen) atoms. The van der Waals surface area contributed by atoms with Crippen LogP contribution in [0.5, 0.6) is 0 Å². The quantitative estimate of drug-likeness (QED) is 0.626. The van der Waals surface area contributed by atoms with Crippen LogP contribution in [0.1, 0.15) is 15.9 Å². The molecule has 1 atom stereocenters. The maximum atomic E-state index is 13.4. The Morgan fingerprint density at radius 3 is 2.22 bits per heavy atom. The van der Waals surface area contributed by atoms with E-state index in [1.807, 2.05) is 30.3 Å². The number of hydrogen-bond donors (Lipinski definition) is 1. The number of piperazine rings is 1. The van der Waals surface area contributed by atoms with E-state index in [1.54, 1.807) is 47.6 Å². The molecule has 7 nitrogen and oxygen atoms in total. The lowest BCUT2D eigenvalue weighted by molar-refractivity contribution is -0.133. The van der Waals surface area contributed by atoms with E-state index in [0.29, 0.717) is 49.1 Å². The lowest BCUT2D eigenvalue weighted by atomic mass is 10.0. The summed E-state index contributed by atoms with van der Waals surface area (Å²) in [4.78, 5) is 38.7. The van der Waals surface area contributed by atoms with Crippen LogP contribution in [0, 0.1) is 0 Å². The SMILES string of the molecule is O=C(N[C@@H](Cc1ccccc1)C(=O)N1CCN(c2ncccn2)CC1)c1ccc(Cl)cc1. The van der Waals surface area contributed by atoms with Gasteiger partial charge in [0, 0.05) is 55.6 Å². The average molecular weight is 450 g/mol. The van der Waals surface area contributed by atoms with Gasteiger partial charge in [-0.1, -0.05) is 41.9 Å².